The number of aromatic nitrogens is 5. The van der Waals surface area contributed by atoms with Gasteiger partial charge in [-0.1, -0.05) is 34.1 Å². The number of hydrogen-bond acceptors (Lipinski definition) is 5. The Morgan fingerprint density at radius 2 is 2.05 bits per heavy atom. The highest BCUT2D eigenvalue weighted by Gasteiger charge is 2.10. The van der Waals surface area contributed by atoms with Crippen LogP contribution < -0.4 is 5.32 Å². The van der Waals surface area contributed by atoms with Crippen LogP contribution in [0.25, 0.3) is 5.65 Å². The summed E-state index contributed by atoms with van der Waals surface area (Å²) >= 11 is 3.55. The molecule has 96 valence electrons. The number of tetrazole rings is 1. The summed E-state index contributed by atoms with van der Waals surface area (Å²) in [6, 6.07) is 11.9. The van der Waals surface area contributed by atoms with Crippen molar-refractivity contribution in [1.82, 2.24) is 25.3 Å². The highest BCUT2D eigenvalue weighted by atomic mass is 79.9. The molecule has 1 atom stereocenters. The molecule has 1 N–H and O–H groups in total. The molecule has 0 spiro atoms. The van der Waals surface area contributed by atoms with Crippen molar-refractivity contribution in [1.29, 1.82) is 0 Å². The van der Waals surface area contributed by atoms with Crippen LogP contribution in [-0.2, 0) is 0 Å². The van der Waals surface area contributed by atoms with Crippen molar-refractivity contribution in [2.24, 2.45) is 0 Å². The lowest BCUT2D eigenvalue weighted by Gasteiger charge is -2.16. The number of nitrogens with zero attached hydrogens (tertiary/aromatic N) is 5. The van der Waals surface area contributed by atoms with Crippen LogP contribution in [0.4, 0.5) is 5.82 Å². The first-order chi connectivity index (χ1) is 9.24. The Hall–Kier alpha value is -2.02. The number of anilines is 1. The summed E-state index contributed by atoms with van der Waals surface area (Å²) in [6.45, 7) is 2.07. The largest absolute Gasteiger partial charge is 0.362 e. The number of halogens is 1. The second kappa shape index (κ2) is 4.93. The third-order valence-corrected chi connectivity index (χ3v) is 3.53. The van der Waals surface area contributed by atoms with Crippen molar-refractivity contribution >= 4 is 27.4 Å². The zero-order valence-electron chi connectivity index (χ0n) is 10.2. The third kappa shape index (κ3) is 2.41. The Balaban J connectivity index is 1.86. The molecule has 1 aromatic carbocycles. The van der Waals surface area contributed by atoms with Crippen LogP contribution in [-0.4, -0.2) is 25.3 Å². The highest BCUT2D eigenvalue weighted by Crippen LogP contribution is 2.25. The molecule has 0 amide bonds. The topological polar surface area (TPSA) is 68.0 Å². The summed E-state index contributed by atoms with van der Waals surface area (Å²) in [5, 5.41) is 18.8. The van der Waals surface area contributed by atoms with E-state index in [0.29, 0.717) is 5.65 Å². The molecule has 0 saturated heterocycles. The molecule has 0 aliphatic rings. The fourth-order valence-electron chi connectivity index (χ4n) is 1.85. The van der Waals surface area contributed by atoms with Gasteiger partial charge in [-0.2, -0.15) is 0 Å². The van der Waals surface area contributed by atoms with Crippen molar-refractivity contribution in [3.05, 3.63) is 46.4 Å². The predicted octanol–water partition coefficient (Wildman–Crippen LogP) is 2.45. The van der Waals surface area contributed by atoms with Gasteiger partial charge in [-0.3, -0.25) is 0 Å². The van der Waals surface area contributed by atoms with E-state index in [1.54, 1.807) is 0 Å². The third-order valence-electron chi connectivity index (χ3n) is 2.81. The summed E-state index contributed by atoms with van der Waals surface area (Å²) in [5.74, 6) is 0.725. The molecule has 3 aromatic rings. The van der Waals surface area contributed by atoms with E-state index in [4.69, 9.17) is 0 Å². The van der Waals surface area contributed by atoms with Crippen LogP contribution in [0.2, 0.25) is 0 Å². The van der Waals surface area contributed by atoms with E-state index >= 15 is 0 Å². The average molecular weight is 319 g/mol. The molecular weight excluding hydrogens is 308 g/mol. The van der Waals surface area contributed by atoms with E-state index in [1.807, 2.05) is 30.3 Å². The van der Waals surface area contributed by atoms with Crippen molar-refractivity contribution in [2.75, 3.05) is 5.32 Å². The van der Waals surface area contributed by atoms with Crippen LogP contribution in [0.3, 0.4) is 0 Å². The normalized spacial score (nSPS) is 12.5. The molecule has 0 saturated carbocycles. The second-order valence-corrected chi connectivity index (χ2v) is 4.99. The SMILES string of the molecule is C[C@H](Nc1ccc2nnnn2n1)c1ccccc1Br. The number of rotatable bonds is 3. The van der Waals surface area contributed by atoms with Gasteiger partial charge in [0.25, 0.3) is 0 Å². The van der Waals surface area contributed by atoms with Crippen molar-refractivity contribution in [3.8, 4) is 0 Å². The van der Waals surface area contributed by atoms with Crippen molar-refractivity contribution in [2.45, 2.75) is 13.0 Å². The molecule has 19 heavy (non-hydrogen) atoms. The fraction of sp³-hybridized carbons (Fsp3) is 0.167. The molecule has 0 aliphatic carbocycles. The summed E-state index contributed by atoms with van der Waals surface area (Å²) in [4.78, 5) is 0. The van der Waals surface area contributed by atoms with Crippen molar-refractivity contribution in [3.63, 3.8) is 0 Å². The van der Waals surface area contributed by atoms with Crippen LogP contribution in [0.5, 0.6) is 0 Å². The summed E-state index contributed by atoms with van der Waals surface area (Å²) < 4.78 is 2.47. The Morgan fingerprint density at radius 3 is 2.89 bits per heavy atom. The maximum atomic E-state index is 4.28. The number of nitrogens with one attached hydrogen (secondary N) is 1. The minimum atomic E-state index is 0.122. The molecule has 0 unspecified atom stereocenters. The summed E-state index contributed by atoms with van der Waals surface area (Å²) in [7, 11) is 0. The lowest BCUT2D eigenvalue weighted by Crippen LogP contribution is -2.10. The molecular formula is C12H11BrN6. The van der Waals surface area contributed by atoms with Gasteiger partial charge < -0.3 is 5.32 Å². The van der Waals surface area contributed by atoms with Gasteiger partial charge in [0, 0.05) is 4.47 Å². The monoisotopic (exact) mass is 318 g/mol. The van der Waals surface area contributed by atoms with E-state index in [2.05, 4.69) is 54.9 Å². The lowest BCUT2D eigenvalue weighted by molar-refractivity contribution is 0.728. The first kappa shape index (κ1) is 12.0. The Labute approximate surface area is 118 Å². The molecule has 3 rings (SSSR count). The van der Waals surface area contributed by atoms with Gasteiger partial charge >= 0.3 is 0 Å². The first-order valence-electron chi connectivity index (χ1n) is 5.80. The summed E-state index contributed by atoms with van der Waals surface area (Å²) in [5.41, 5.74) is 1.79. The molecule has 0 aliphatic heterocycles. The number of hydrogen-bond donors (Lipinski definition) is 1. The molecule has 0 radical (unpaired) electrons. The van der Waals surface area contributed by atoms with E-state index in [9.17, 15) is 0 Å². The van der Waals surface area contributed by atoms with Crippen molar-refractivity contribution < 1.29 is 0 Å². The quantitative estimate of drug-likeness (QED) is 0.803. The van der Waals surface area contributed by atoms with Crippen LogP contribution in [0, 0.1) is 0 Å². The molecule has 2 aromatic heterocycles. The van der Waals surface area contributed by atoms with Gasteiger partial charge in [-0.15, -0.1) is 14.8 Å². The fourth-order valence-corrected chi connectivity index (χ4v) is 2.48. The number of benzene rings is 1. The lowest BCUT2D eigenvalue weighted by atomic mass is 10.1. The minimum absolute atomic E-state index is 0.122. The van der Waals surface area contributed by atoms with Gasteiger partial charge in [-0.25, -0.2) is 0 Å². The van der Waals surface area contributed by atoms with Gasteiger partial charge in [0.2, 0.25) is 0 Å². The van der Waals surface area contributed by atoms with Crippen LogP contribution >= 0.6 is 15.9 Å². The molecule has 2 heterocycles. The molecule has 0 bridgehead atoms. The summed E-state index contributed by atoms with van der Waals surface area (Å²) in [6.07, 6.45) is 0. The predicted molar refractivity (Wildman–Crippen MR) is 74.8 cm³/mol. The van der Waals surface area contributed by atoms with Crippen LogP contribution in [0.1, 0.15) is 18.5 Å². The standard InChI is InChI=1S/C12H11BrN6/c1-8(9-4-2-3-5-10(9)13)14-11-6-7-12-15-17-18-19(12)16-11/h2-8H,1H3,(H,14,16)/t8-/m0/s1. The maximum Gasteiger partial charge on any atom is 0.200 e. The van der Waals surface area contributed by atoms with E-state index in [1.165, 1.54) is 10.2 Å². The minimum Gasteiger partial charge on any atom is -0.362 e. The van der Waals surface area contributed by atoms with Gasteiger partial charge in [0.05, 0.1) is 6.04 Å². The van der Waals surface area contributed by atoms with Gasteiger partial charge in [0.15, 0.2) is 5.65 Å². The van der Waals surface area contributed by atoms with E-state index in [-0.39, 0.29) is 6.04 Å². The first-order valence-corrected chi connectivity index (χ1v) is 6.60. The zero-order chi connectivity index (χ0) is 13.2. The molecule has 7 heteroatoms. The van der Waals surface area contributed by atoms with Gasteiger partial charge in [0.1, 0.15) is 5.82 Å². The maximum absolute atomic E-state index is 4.28. The Bertz CT molecular complexity index is 710. The van der Waals surface area contributed by atoms with E-state index in [0.717, 1.165) is 10.3 Å². The highest BCUT2D eigenvalue weighted by molar-refractivity contribution is 9.10. The average Bonchev–Trinajstić information content (AvgIpc) is 2.86. The number of fused-ring (bicyclic) bond motifs is 1. The Morgan fingerprint density at radius 1 is 1.21 bits per heavy atom. The second-order valence-electron chi connectivity index (χ2n) is 4.13. The smallest absolute Gasteiger partial charge is 0.200 e. The van der Waals surface area contributed by atoms with E-state index < -0.39 is 0 Å². The Kier molecular flexibility index (Phi) is 3.12. The molecule has 0 fully saturated rings. The van der Waals surface area contributed by atoms with Crippen LogP contribution in [0.15, 0.2) is 40.9 Å². The van der Waals surface area contributed by atoms with Gasteiger partial charge in [-0.05, 0) is 41.1 Å². The molecule has 6 nitrogen and oxygen atoms in total. The zero-order valence-corrected chi connectivity index (χ0v) is 11.7.